The van der Waals surface area contributed by atoms with Crippen molar-refractivity contribution in [2.75, 3.05) is 19.5 Å². The number of methoxy groups -OCH3 is 2. The molecule has 0 fully saturated rings. The Balaban J connectivity index is 1.51. The zero-order valence-corrected chi connectivity index (χ0v) is 20.1. The molecule has 4 aromatic rings. The van der Waals surface area contributed by atoms with Crippen molar-refractivity contribution in [1.29, 1.82) is 0 Å². The van der Waals surface area contributed by atoms with E-state index in [1.54, 1.807) is 54.6 Å². The first kappa shape index (κ1) is 24.9. The maximum Gasteiger partial charge on any atom is 0.343 e. The number of amides is 2. The van der Waals surface area contributed by atoms with E-state index in [4.69, 9.17) is 14.2 Å². The number of hydrogen-bond donors (Lipinski definition) is 2. The van der Waals surface area contributed by atoms with Crippen LogP contribution in [0.3, 0.4) is 0 Å². The molecule has 0 unspecified atom stereocenters. The molecule has 0 bridgehead atoms. The molecular weight excluding hydrogens is 474 g/mol. The first-order valence-corrected chi connectivity index (χ1v) is 11.1. The Morgan fingerprint density at radius 2 is 1.41 bits per heavy atom. The molecule has 37 heavy (non-hydrogen) atoms. The molecule has 0 saturated heterocycles. The average Bonchev–Trinajstić information content (AvgIpc) is 2.94. The molecule has 0 aliphatic heterocycles. The molecule has 0 atom stereocenters. The van der Waals surface area contributed by atoms with Crippen LogP contribution in [0, 0.1) is 0 Å². The predicted octanol–water partition coefficient (Wildman–Crippen LogP) is 4.17. The van der Waals surface area contributed by atoms with Crippen molar-refractivity contribution in [3.63, 3.8) is 0 Å². The first-order chi connectivity index (χ1) is 18.0. The lowest BCUT2D eigenvalue weighted by Gasteiger charge is -2.11. The number of anilines is 1. The highest BCUT2D eigenvalue weighted by molar-refractivity contribution is 6.39. The molecule has 2 amide bonds. The van der Waals surface area contributed by atoms with Gasteiger partial charge in [0.15, 0.2) is 0 Å². The number of ether oxygens (including phenoxy) is 3. The summed E-state index contributed by atoms with van der Waals surface area (Å²) >= 11 is 0. The van der Waals surface area contributed by atoms with Crippen molar-refractivity contribution in [2.45, 2.75) is 0 Å². The number of fused-ring (bicyclic) bond motifs is 1. The summed E-state index contributed by atoms with van der Waals surface area (Å²) in [7, 11) is 3.07. The van der Waals surface area contributed by atoms with E-state index >= 15 is 0 Å². The topological polar surface area (TPSA) is 115 Å². The van der Waals surface area contributed by atoms with E-state index in [0.29, 0.717) is 28.3 Å². The van der Waals surface area contributed by atoms with E-state index in [0.717, 1.165) is 10.8 Å². The van der Waals surface area contributed by atoms with E-state index in [1.165, 1.54) is 20.4 Å². The Morgan fingerprint density at radius 1 is 0.757 bits per heavy atom. The molecule has 4 rings (SSSR count). The van der Waals surface area contributed by atoms with Crippen LogP contribution in [0.25, 0.3) is 10.8 Å². The Bertz CT molecular complexity index is 1460. The first-order valence-electron chi connectivity index (χ1n) is 11.1. The summed E-state index contributed by atoms with van der Waals surface area (Å²) in [4.78, 5) is 37.2. The second kappa shape index (κ2) is 11.5. The van der Waals surface area contributed by atoms with Gasteiger partial charge >= 0.3 is 17.8 Å². The van der Waals surface area contributed by atoms with Crippen LogP contribution in [0.1, 0.15) is 15.9 Å². The highest BCUT2D eigenvalue weighted by Gasteiger charge is 2.15. The van der Waals surface area contributed by atoms with Gasteiger partial charge in [-0.3, -0.25) is 9.59 Å². The molecule has 9 nitrogen and oxygen atoms in total. The molecule has 0 aliphatic rings. The van der Waals surface area contributed by atoms with Gasteiger partial charge in [-0.05, 0) is 65.4 Å². The number of rotatable bonds is 7. The highest BCUT2D eigenvalue weighted by atomic mass is 16.5. The minimum absolute atomic E-state index is 0.236. The lowest BCUT2D eigenvalue weighted by Crippen LogP contribution is -2.32. The Kier molecular flexibility index (Phi) is 7.75. The fourth-order valence-corrected chi connectivity index (χ4v) is 3.45. The van der Waals surface area contributed by atoms with Crippen molar-refractivity contribution in [1.82, 2.24) is 5.43 Å². The van der Waals surface area contributed by atoms with Crippen molar-refractivity contribution in [3.8, 4) is 17.2 Å². The van der Waals surface area contributed by atoms with Crippen LogP contribution in [-0.2, 0) is 9.59 Å². The summed E-state index contributed by atoms with van der Waals surface area (Å²) in [6.07, 6.45) is 1.33. The van der Waals surface area contributed by atoms with Crippen LogP contribution in [-0.4, -0.2) is 38.2 Å². The molecular formula is C28H23N3O6. The number of nitrogens with one attached hydrogen (secondary N) is 2. The number of esters is 1. The summed E-state index contributed by atoms with van der Waals surface area (Å²) in [5.41, 5.74) is 3.41. The molecule has 0 radical (unpaired) electrons. The molecule has 4 aromatic carbocycles. The van der Waals surface area contributed by atoms with Crippen LogP contribution < -0.4 is 25.0 Å². The highest BCUT2D eigenvalue weighted by Crippen LogP contribution is 2.27. The zero-order valence-electron chi connectivity index (χ0n) is 20.1. The quantitative estimate of drug-likeness (QED) is 0.130. The van der Waals surface area contributed by atoms with Crippen LogP contribution in [0.15, 0.2) is 90.0 Å². The smallest absolute Gasteiger partial charge is 0.343 e. The fourth-order valence-electron chi connectivity index (χ4n) is 3.45. The van der Waals surface area contributed by atoms with E-state index in [-0.39, 0.29) is 5.75 Å². The lowest BCUT2D eigenvalue weighted by atomic mass is 10.0. The zero-order chi connectivity index (χ0) is 26.2. The van der Waals surface area contributed by atoms with Crippen molar-refractivity contribution >= 4 is 40.5 Å². The summed E-state index contributed by atoms with van der Waals surface area (Å²) in [6.45, 7) is 0. The molecule has 0 spiro atoms. The standard InChI is InChI=1S/C28H23N3O6/c1-35-21-12-7-19(8-13-21)28(34)37-25-16-9-18-5-3-4-6-23(18)24(25)17-29-31-27(33)26(32)30-20-10-14-22(36-2)15-11-20/h3-17H,1-2H3,(H,30,32)(H,31,33)/b29-17+. The van der Waals surface area contributed by atoms with Gasteiger partial charge in [-0.15, -0.1) is 0 Å². The van der Waals surface area contributed by atoms with E-state index in [2.05, 4.69) is 15.8 Å². The van der Waals surface area contributed by atoms with Gasteiger partial charge < -0.3 is 19.5 Å². The number of hydrazone groups is 1. The van der Waals surface area contributed by atoms with Gasteiger partial charge in [0, 0.05) is 11.3 Å². The number of carbonyl (C=O) groups is 3. The number of hydrogen-bond acceptors (Lipinski definition) is 7. The molecule has 0 saturated carbocycles. The third kappa shape index (κ3) is 6.09. The van der Waals surface area contributed by atoms with Crippen LogP contribution in [0.2, 0.25) is 0 Å². The van der Waals surface area contributed by atoms with Gasteiger partial charge in [-0.25, -0.2) is 10.2 Å². The SMILES string of the molecule is COc1ccc(NC(=O)C(=O)N/N=C/c2c(OC(=O)c3ccc(OC)cc3)ccc3ccccc23)cc1. The van der Waals surface area contributed by atoms with Gasteiger partial charge in [0.2, 0.25) is 0 Å². The molecule has 186 valence electrons. The molecule has 0 aliphatic carbocycles. The van der Waals surface area contributed by atoms with Crippen molar-refractivity contribution in [3.05, 3.63) is 96.1 Å². The second-order valence-electron chi connectivity index (χ2n) is 7.70. The number of nitrogens with zero attached hydrogens (tertiary/aromatic N) is 1. The Labute approximate surface area is 212 Å². The van der Waals surface area contributed by atoms with Crippen molar-refractivity contribution < 1.29 is 28.6 Å². The third-order valence-corrected chi connectivity index (χ3v) is 5.37. The summed E-state index contributed by atoms with van der Waals surface area (Å²) in [5, 5.41) is 8.02. The maximum atomic E-state index is 12.7. The maximum absolute atomic E-state index is 12.7. The minimum atomic E-state index is -0.968. The van der Waals surface area contributed by atoms with Gasteiger partial charge in [-0.1, -0.05) is 30.3 Å². The fraction of sp³-hybridized carbons (Fsp3) is 0.0714. The van der Waals surface area contributed by atoms with Gasteiger partial charge in [0.25, 0.3) is 0 Å². The third-order valence-electron chi connectivity index (χ3n) is 5.37. The average molecular weight is 498 g/mol. The normalized spacial score (nSPS) is 10.6. The van der Waals surface area contributed by atoms with Gasteiger partial charge in [0.05, 0.1) is 26.0 Å². The lowest BCUT2D eigenvalue weighted by molar-refractivity contribution is -0.136. The Morgan fingerprint density at radius 3 is 2.08 bits per heavy atom. The summed E-state index contributed by atoms with van der Waals surface area (Å²) in [5.74, 6) is -0.973. The van der Waals surface area contributed by atoms with Crippen LogP contribution >= 0.6 is 0 Å². The number of benzene rings is 4. The largest absolute Gasteiger partial charge is 0.497 e. The van der Waals surface area contributed by atoms with E-state index in [1.807, 2.05) is 30.3 Å². The van der Waals surface area contributed by atoms with Gasteiger partial charge in [-0.2, -0.15) is 5.10 Å². The van der Waals surface area contributed by atoms with Crippen molar-refractivity contribution in [2.24, 2.45) is 5.10 Å². The monoisotopic (exact) mass is 497 g/mol. The molecule has 2 N–H and O–H groups in total. The summed E-state index contributed by atoms with van der Waals surface area (Å²) < 4.78 is 15.8. The second-order valence-corrected chi connectivity index (χ2v) is 7.70. The number of carbonyl (C=O) groups excluding carboxylic acids is 3. The minimum Gasteiger partial charge on any atom is -0.497 e. The van der Waals surface area contributed by atoms with Gasteiger partial charge in [0.1, 0.15) is 17.2 Å². The van der Waals surface area contributed by atoms with Crippen LogP contribution in [0.5, 0.6) is 17.2 Å². The Hall–Kier alpha value is -5.18. The van der Waals surface area contributed by atoms with E-state index < -0.39 is 17.8 Å². The van der Waals surface area contributed by atoms with Crippen LogP contribution in [0.4, 0.5) is 5.69 Å². The molecule has 9 heteroatoms. The predicted molar refractivity (Wildman–Crippen MR) is 139 cm³/mol. The van der Waals surface area contributed by atoms with E-state index in [9.17, 15) is 14.4 Å². The summed E-state index contributed by atoms with van der Waals surface area (Å²) in [6, 6.07) is 23.9. The molecule has 0 aromatic heterocycles. The molecule has 0 heterocycles.